The summed E-state index contributed by atoms with van der Waals surface area (Å²) < 4.78 is 12.6. The van der Waals surface area contributed by atoms with Crippen LogP contribution in [-0.4, -0.2) is 0 Å². The summed E-state index contributed by atoms with van der Waals surface area (Å²) in [5, 5.41) is 10.1. The van der Waals surface area contributed by atoms with Gasteiger partial charge in [0, 0.05) is 108 Å². The van der Waals surface area contributed by atoms with Gasteiger partial charge in [0.15, 0.2) is 0 Å². The van der Waals surface area contributed by atoms with Crippen LogP contribution in [0, 0.1) is 29.6 Å². The summed E-state index contributed by atoms with van der Waals surface area (Å²) >= 11 is 3.77. The van der Waals surface area contributed by atoms with E-state index in [1.54, 1.807) is 11.1 Å². The molecule has 4 bridgehead atoms. The molecule has 564 valence electrons. The number of rotatable bonds is 10. The van der Waals surface area contributed by atoms with Gasteiger partial charge in [0.25, 0.3) is 0 Å². The van der Waals surface area contributed by atoms with Gasteiger partial charge in [0.1, 0.15) is 11.2 Å². The lowest BCUT2D eigenvalue weighted by atomic mass is 9.56. The number of hydrogen-bond donors (Lipinski definition) is 0. The Morgan fingerprint density at radius 2 is 0.797 bits per heavy atom. The molecular weight excluding hydrogens is 1470 g/mol. The van der Waals surface area contributed by atoms with Crippen LogP contribution < -0.4 is 9.80 Å². The van der Waals surface area contributed by atoms with E-state index in [0.717, 1.165) is 51.1 Å². The van der Waals surface area contributed by atoms with E-state index in [0.29, 0.717) is 17.8 Å². The molecule has 4 saturated carbocycles. The van der Waals surface area contributed by atoms with Crippen molar-refractivity contribution < 1.29 is 4.42 Å². The molecule has 3 heterocycles. The molecule has 0 aliphatic heterocycles. The molecule has 3 nitrogen and oxygen atoms in total. The van der Waals surface area contributed by atoms with E-state index in [1.165, 1.54) is 219 Å². The van der Waals surface area contributed by atoms with Crippen molar-refractivity contribution in [3.63, 3.8) is 0 Å². The van der Waals surface area contributed by atoms with Gasteiger partial charge >= 0.3 is 0 Å². The lowest BCUT2D eigenvalue weighted by Gasteiger charge is -2.47. The van der Waals surface area contributed by atoms with Crippen molar-refractivity contribution in [1.29, 1.82) is 0 Å². The van der Waals surface area contributed by atoms with E-state index in [2.05, 4.69) is 358 Å². The van der Waals surface area contributed by atoms with Gasteiger partial charge in [0.05, 0.1) is 0 Å². The van der Waals surface area contributed by atoms with Gasteiger partial charge in [-0.3, -0.25) is 0 Å². The Hall–Kier alpha value is -12.4. The number of thiophene rings is 2. The Morgan fingerprint density at radius 3 is 1.44 bits per heavy atom. The maximum Gasteiger partial charge on any atom is 0.137 e. The summed E-state index contributed by atoms with van der Waals surface area (Å²) in [4.78, 5) is 5.09. The second-order valence-corrected chi connectivity index (χ2v) is 38.3. The summed E-state index contributed by atoms with van der Waals surface area (Å²) in [6, 6.07) is 126. The standard InChI is InChI=1S/C113H84N2OS2/c1-66-56-67-34-42-74(57-67)113(66)97-29-13-9-23-86(97)88-52-49-79(63-100(88)113)114(75-43-36-69(37-44-75)81-18-4-6-20-83(81)89-26-16-32-105-107(89)93-24-10-14-30-103(93)117-105)77-47-40-71-60-95-91-54-55-101-109(110(91)111(2,3)98(95)61-72(71)59-77)92-53-50-80(64-102(92)116-101)115(78-48-51-87-85-22-8-12-28-96(85)112(99(87)62-78)65-68-35-41-73(112)58-68)76-45-38-70(39-46-76)82-19-5-7-21-84(82)90-27-17-33-106-108(90)94-25-11-15-31-104(94)118-106/h4-33,36-40,43-55,59-64,66-68,73-74H,34-35,41-42,56-58,65H2,1-3H3/t66-,67?,68?,73?,74?,112?,113?/m1/s1. The van der Waals surface area contributed by atoms with Crippen LogP contribution in [-0.2, 0) is 16.2 Å². The van der Waals surface area contributed by atoms with E-state index in [9.17, 15) is 0 Å². The Labute approximate surface area is 695 Å². The van der Waals surface area contributed by atoms with Crippen molar-refractivity contribution in [1.82, 2.24) is 0 Å². The lowest BCUT2D eigenvalue weighted by Crippen LogP contribution is -2.43. The number of benzene rings is 16. The van der Waals surface area contributed by atoms with Gasteiger partial charge in [-0.05, 0) is 305 Å². The molecule has 6 unspecified atom stereocenters. The minimum absolute atomic E-state index is 0.0240. The van der Waals surface area contributed by atoms with Crippen LogP contribution in [0.15, 0.2) is 332 Å². The zero-order valence-corrected chi connectivity index (χ0v) is 68.0. The van der Waals surface area contributed by atoms with Crippen LogP contribution in [0.2, 0.25) is 0 Å². The quantitative estimate of drug-likeness (QED) is 0.136. The molecule has 19 aromatic rings. The molecule has 0 amide bonds. The fourth-order valence-corrected chi connectivity index (χ4v) is 27.6. The topological polar surface area (TPSA) is 19.6 Å². The number of furan rings is 1. The van der Waals surface area contributed by atoms with Crippen molar-refractivity contribution in [3.05, 3.63) is 361 Å². The van der Waals surface area contributed by atoms with Gasteiger partial charge in [0.2, 0.25) is 0 Å². The first-order chi connectivity index (χ1) is 58.1. The second-order valence-electron chi connectivity index (χ2n) is 36.1. The third-order valence-electron chi connectivity index (χ3n) is 30.1. The molecule has 16 aromatic carbocycles. The van der Waals surface area contributed by atoms with Crippen LogP contribution >= 0.6 is 22.7 Å². The SMILES string of the molecule is C[C@@H]1CC2CCC(C2)C12c1ccccc1-c1ccc(N(c3ccc(-c4ccccc4-c4cccc5sc6ccccc6c45)cc3)c3ccc4cc5c(cc4c3)C(C)(C)c3c-5ccc4oc5cc(N(c6ccc(-c7ccccc7-c7cccc8sc9ccccc9c78)cc6)c6ccc7c(c6)C6(CC8CCC6C8)c6ccccc6-7)ccc5c34)cc12. The van der Waals surface area contributed by atoms with E-state index in [4.69, 9.17) is 4.42 Å². The highest BCUT2D eigenvalue weighted by molar-refractivity contribution is 7.26. The van der Waals surface area contributed by atoms with E-state index in [-0.39, 0.29) is 16.2 Å². The molecule has 0 radical (unpaired) electrons. The van der Waals surface area contributed by atoms with Crippen molar-refractivity contribution >= 4 is 130 Å². The minimum atomic E-state index is -0.370. The Morgan fingerprint density at radius 1 is 0.305 bits per heavy atom. The smallest absolute Gasteiger partial charge is 0.137 e. The first kappa shape index (κ1) is 67.8. The molecule has 0 saturated heterocycles. The van der Waals surface area contributed by atoms with Crippen molar-refractivity contribution in [3.8, 4) is 77.9 Å². The molecule has 7 aliphatic carbocycles. The van der Waals surface area contributed by atoms with Crippen LogP contribution in [0.25, 0.3) is 151 Å². The highest BCUT2D eigenvalue weighted by Crippen LogP contribution is 2.68. The fraction of sp³-hybridized carbons (Fsp3) is 0.168. The van der Waals surface area contributed by atoms with Crippen molar-refractivity contribution in [2.24, 2.45) is 29.6 Å². The number of nitrogens with zero attached hydrogens (tertiary/aromatic N) is 2. The average Bonchev–Trinajstić information content (AvgIpc) is 1.31. The van der Waals surface area contributed by atoms with Crippen LogP contribution in [0.4, 0.5) is 34.1 Å². The maximum absolute atomic E-state index is 7.30. The number of fused-ring (bicyclic) bond motifs is 30. The van der Waals surface area contributed by atoms with Crippen LogP contribution in [0.5, 0.6) is 0 Å². The van der Waals surface area contributed by atoms with Crippen LogP contribution in [0.1, 0.15) is 106 Å². The molecule has 3 aromatic heterocycles. The molecule has 2 spiro atoms. The molecule has 0 N–H and O–H groups in total. The van der Waals surface area contributed by atoms with Gasteiger partial charge in [-0.2, -0.15) is 0 Å². The highest BCUT2D eigenvalue weighted by atomic mass is 32.1. The fourth-order valence-electron chi connectivity index (χ4n) is 25.3. The van der Waals surface area contributed by atoms with Crippen molar-refractivity contribution in [2.45, 2.75) is 88.4 Å². The Bertz CT molecular complexity index is 7510. The molecular formula is C113H84N2OS2. The number of anilines is 6. The zero-order valence-electron chi connectivity index (χ0n) is 66.3. The number of hydrogen-bond acceptors (Lipinski definition) is 5. The molecule has 4 fully saturated rings. The minimum Gasteiger partial charge on any atom is -0.456 e. The summed E-state index contributed by atoms with van der Waals surface area (Å²) in [5.74, 6) is 3.39. The third-order valence-corrected chi connectivity index (χ3v) is 32.4. The monoisotopic (exact) mass is 1550 g/mol. The second kappa shape index (κ2) is 25.1. The summed E-state index contributed by atoms with van der Waals surface area (Å²) in [5.41, 5.74) is 35.2. The predicted molar refractivity (Wildman–Crippen MR) is 498 cm³/mol. The molecule has 26 rings (SSSR count). The lowest BCUT2D eigenvalue weighted by molar-refractivity contribution is 0.162. The van der Waals surface area contributed by atoms with Crippen molar-refractivity contribution in [2.75, 3.05) is 9.80 Å². The molecule has 7 atom stereocenters. The third kappa shape index (κ3) is 9.46. The molecule has 7 aliphatic rings. The molecule has 118 heavy (non-hydrogen) atoms. The van der Waals surface area contributed by atoms with Crippen LogP contribution in [0.3, 0.4) is 0 Å². The van der Waals surface area contributed by atoms with Gasteiger partial charge in [-0.25, -0.2) is 0 Å². The van der Waals surface area contributed by atoms with E-state index in [1.807, 2.05) is 22.7 Å². The van der Waals surface area contributed by atoms with E-state index < -0.39 is 0 Å². The van der Waals surface area contributed by atoms with Gasteiger partial charge in [-0.1, -0.05) is 240 Å². The largest absolute Gasteiger partial charge is 0.456 e. The maximum atomic E-state index is 7.30. The van der Waals surface area contributed by atoms with E-state index >= 15 is 0 Å². The van der Waals surface area contributed by atoms with Gasteiger partial charge < -0.3 is 14.2 Å². The van der Waals surface area contributed by atoms with Gasteiger partial charge in [-0.15, -0.1) is 22.7 Å². The highest BCUT2D eigenvalue weighted by Gasteiger charge is 2.59. The first-order valence-corrected chi connectivity index (χ1v) is 44.6. The zero-order chi connectivity index (χ0) is 77.6. The Balaban J connectivity index is 0.591. The normalized spacial score (nSPS) is 20.6. The summed E-state index contributed by atoms with van der Waals surface area (Å²) in [6.07, 6.45) is 10.4. The summed E-state index contributed by atoms with van der Waals surface area (Å²) in [7, 11) is 0. The molecule has 5 heteroatoms. The Kier molecular flexibility index (Phi) is 14.4. The summed E-state index contributed by atoms with van der Waals surface area (Å²) in [6.45, 7) is 7.49. The average molecular weight is 1550 g/mol. The first-order valence-electron chi connectivity index (χ1n) is 43.0. The predicted octanol–water partition coefficient (Wildman–Crippen LogP) is 32.2.